The summed E-state index contributed by atoms with van der Waals surface area (Å²) >= 11 is 6.23. The number of benzene rings is 1. The van der Waals surface area contributed by atoms with Gasteiger partial charge in [-0.1, -0.05) is 11.6 Å². The largest absolute Gasteiger partial charge is 0.472 e. The summed E-state index contributed by atoms with van der Waals surface area (Å²) < 4.78 is 5.29. The number of aromatic amines is 1. The fourth-order valence-electron chi connectivity index (χ4n) is 5.23. The maximum absolute atomic E-state index is 13.3. The highest BCUT2D eigenvalue weighted by atomic mass is 35.5. The Hall–Kier alpha value is -2.24. The first-order valence-electron chi connectivity index (χ1n) is 10.4. The van der Waals surface area contributed by atoms with Gasteiger partial charge in [-0.05, 0) is 75.4 Å². The van der Waals surface area contributed by atoms with Crippen molar-refractivity contribution in [3.63, 3.8) is 0 Å². The number of rotatable bonds is 3. The van der Waals surface area contributed by atoms with Crippen molar-refractivity contribution in [2.75, 3.05) is 20.1 Å². The quantitative estimate of drug-likeness (QED) is 0.642. The molecule has 1 aliphatic heterocycles. The molecule has 2 fully saturated rings. The van der Waals surface area contributed by atoms with Gasteiger partial charge in [0.25, 0.3) is 5.91 Å². The highest BCUT2D eigenvalue weighted by Crippen LogP contribution is 2.37. The molecule has 1 amide bonds. The number of nitrogens with zero attached hydrogens (tertiary/aromatic N) is 1. The summed E-state index contributed by atoms with van der Waals surface area (Å²) in [5.41, 5.74) is 3.20. The number of hydrogen-bond acceptors (Lipinski definition) is 3. The number of H-pyrrole nitrogens is 1. The van der Waals surface area contributed by atoms with E-state index in [9.17, 15) is 4.79 Å². The molecule has 0 spiro atoms. The number of furan rings is 1. The van der Waals surface area contributed by atoms with Crippen molar-refractivity contribution in [3.05, 3.63) is 47.5 Å². The van der Waals surface area contributed by atoms with E-state index in [1.165, 1.54) is 19.4 Å². The van der Waals surface area contributed by atoms with Gasteiger partial charge in [-0.25, -0.2) is 0 Å². The van der Waals surface area contributed by atoms with Crippen LogP contribution in [-0.2, 0) is 0 Å². The molecular weight excluding hydrogens is 386 g/mol. The Morgan fingerprint density at radius 3 is 2.97 bits per heavy atom. The van der Waals surface area contributed by atoms with Crippen molar-refractivity contribution in [2.45, 2.75) is 31.7 Å². The average Bonchev–Trinajstić information content (AvgIpc) is 3.35. The summed E-state index contributed by atoms with van der Waals surface area (Å²) in [5, 5.41) is 4.89. The predicted octanol–water partition coefficient (Wildman–Crippen LogP) is 4.93. The van der Waals surface area contributed by atoms with Gasteiger partial charge in [0, 0.05) is 39.6 Å². The summed E-state index contributed by atoms with van der Waals surface area (Å²) in [7, 11) is 2.21. The van der Waals surface area contributed by atoms with Crippen molar-refractivity contribution >= 4 is 28.4 Å². The Labute approximate surface area is 175 Å². The number of aromatic nitrogens is 1. The van der Waals surface area contributed by atoms with Crippen LogP contribution in [0.5, 0.6) is 0 Å². The molecule has 1 saturated carbocycles. The topological polar surface area (TPSA) is 61.3 Å². The molecule has 3 heterocycles. The highest BCUT2D eigenvalue weighted by Gasteiger charge is 2.35. The first-order valence-corrected chi connectivity index (χ1v) is 10.8. The van der Waals surface area contributed by atoms with Crippen LogP contribution in [0, 0.1) is 11.8 Å². The molecule has 3 aromatic rings. The zero-order valence-electron chi connectivity index (χ0n) is 16.6. The molecule has 0 radical (unpaired) electrons. The van der Waals surface area contributed by atoms with Crippen molar-refractivity contribution in [1.82, 2.24) is 15.2 Å². The molecule has 152 valence electrons. The lowest BCUT2D eigenvalue weighted by Crippen LogP contribution is -2.46. The molecule has 5 rings (SSSR count). The Morgan fingerprint density at radius 1 is 1.24 bits per heavy atom. The zero-order chi connectivity index (χ0) is 20.0. The Bertz CT molecular complexity index is 1030. The summed E-state index contributed by atoms with van der Waals surface area (Å²) in [4.78, 5) is 19.0. The maximum atomic E-state index is 13.3. The fourth-order valence-corrected chi connectivity index (χ4v) is 5.40. The number of nitrogens with one attached hydrogen (secondary N) is 2. The lowest BCUT2D eigenvalue weighted by Gasteiger charge is -2.42. The second-order valence-corrected chi connectivity index (χ2v) is 9.07. The van der Waals surface area contributed by atoms with E-state index in [4.69, 9.17) is 16.0 Å². The van der Waals surface area contributed by atoms with Crippen LogP contribution >= 0.6 is 11.6 Å². The monoisotopic (exact) mass is 411 g/mol. The van der Waals surface area contributed by atoms with Crippen LogP contribution in [0.1, 0.15) is 36.2 Å². The van der Waals surface area contributed by atoms with Crippen LogP contribution in [0.4, 0.5) is 0 Å². The number of amides is 1. The van der Waals surface area contributed by atoms with Crippen molar-refractivity contribution in [2.24, 2.45) is 11.8 Å². The molecular formula is C23H26ClN3O2. The minimum absolute atomic E-state index is 0.0510. The molecule has 3 atom stereocenters. The molecule has 2 aromatic heterocycles. The van der Waals surface area contributed by atoms with E-state index >= 15 is 0 Å². The van der Waals surface area contributed by atoms with Gasteiger partial charge in [0.05, 0.1) is 12.5 Å². The number of likely N-dealkylation sites (tertiary alicyclic amines) is 1. The molecule has 29 heavy (non-hydrogen) atoms. The van der Waals surface area contributed by atoms with Gasteiger partial charge in [0.2, 0.25) is 0 Å². The highest BCUT2D eigenvalue weighted by molar-refractivity contribution is 6.31. The van der Waals surface area contributed by atoms with E-state index < -0.39 is 0 Å². The second kappa shape index (κ2) is 7.54. The number of fused-ring (bicyclic) bond motifs is 2. The number of carbonyl (C=O) groups excluding carboxylic acids is 1. The van der Waals surface area contributed by atoms with Crippen LogP contribution < -0.4 is 5.32 Å². The van der Waals surface area contributed by atoms with Crippen LogP contribution in [0.25, 0.3) is 22.0 Å². The smallest absolute Gasteiger partial charge is 0.268 e. The van der Waals surface area contributed by atoms with Crippen LogP contribution in [-0.4, -0.2) is 42.0 Å². The van der Waals surface area contributed by atoms with Crippen LogP contribution in [0.3, 0.4) is 0 Å². The lowest BCUT2D eigenvalue weighted by molar-refractivity contribution is 0.0769. The molecule has 0 bridgehead atoms. The summed E-state index contributed by atoms with van der Waals surface area (Å²) in [6, 6.07) is 7.77. The van der Waals surface area contributed by atoms with E-state index in [-0.39, 0.29) is 11.9 Å². The minimum atomic E-state index is -0.0510. The van der Waals surface area contributed by atoms with Gasteiger partial charge < -0.3 is 19.6 Å². The zero-order valence-corrected chi connectivity index (χ0v) is 17.3. The molecule has 1 aliphatic carbocycles. The molecule has 1 saturated heterocycles. The lowest BCUT2D eigenvalue weighted by atomic mass is 9.73. The Morgan fingerprint density at radius 2 is 2.14 bits per heavy atom. The molecule has 2 aliphatic rings. The molecule has 1 aromatic carbocycles. The van der Waals surface area contributed by atoms with Gasteiger partial charge in [0.15, 0.2) is 0 Å². The van der Waals surface area contributed by atoms with E-state index in [1.54, 1.807) is 12.5 Å². The predicted molar refractivity (Wildman–Crippen MR) is 115 cm³/mol. The van der Waals surface area contributed by atoms with E-state index in [0.717, 1.165) is 53.3 Å². The van der Waals surface area contributed by atoms with E-state index in [0.29, 0.717) is 10.7 Å². The Kier molecular flexibility index (Phi) is 4.88. The van der Waals surface area contributed by atoms with Gasteiger partial charge in [-0.2, -0.15) is 0 Å². The maximum Gasteiger partial charge on any atom is 0.268 e. The third kappa shape index (κ3) is 3.58. The number of hydrogen-bond donors (Lipinski definition) is 2. The van der Waals surface area contributed by atoms with E-state index in [2.05, 4.69) is 22.2 Å². The van der Waals surface area contributed by atoms with Crippen molar-refractivity contribution < 1.29 is 9.21 Å². The van der Waals surface area contributed by atoms with Crippen molar-refractivity contribution in [1.29, 1.82) is 0 Å². The van der Waals surface area contributed by atoms with Gasteiger partial charge in [-0.15, -0.1) is 0 Å². The molecule has 6 heteroatoms. The fraction of sp³-hybridized carbons (Fsp3) is 0.435. The first kappa shape index (κ1) is 18.8. The molecule has 2 N–H and O–H groups in total. The van der Waals surface area contributed by atoms with Crippen LogP contribution in [0.2, 0.25) is 5.02 Å². The van der Waals surface area contributed by atoms with Gasteiger partial charge in [-0.3, -0.25) is 4.79 Å². The summed E-state index contributed by atoms with van der Waals surface area (Å²) in [6.07, 6.45) is 7.85. The normalized spacial score (nSPS) is 25.1. The second-order valence-electron chi connectivity index (χ2n) is 8.63. The summed E-state index contributed by atoms with van der Waals surface area (Å²) in [6.45, 7) is 2.36. The molecule has 0 unspecified atom stereocenters. The third-order valence-corrected chi connectivity index (χ3v) is 6.94. The molecule has 5 nitrogen and oxygen atoms in total. The standard InChI is InChI=1S/C23H26ClN3O2/c1-27-8-6-14-10-18(4-2-15(14)12-27)25-23(28)22-21(16-7-9-29-13-16)19-11-17(24)3-5-20(19)26-22/h3,5,7,9,11,13-15,18,26H,2,4,6,8,10,12H2,1H3,(H,25,28)/t14-,15+,18+/m0/s1. The average molecular weight is 412 g/mol. The summed E-state index contributed by atoms with van der Waals surface area (Å²) in [5.74, 6) is 1.45. The third-order valence-electron chi connectivity index (χ3n) is 6.70. The van der Waals surface area contributed by atoms with E-state index in [1.807, 2.05) is 24.3 Å². The number of piperidine rings is 1. The minimum Gasteiger partial charge on any atom is -0.472 e. The first-order chi connectivity index (χ1) is 14.1. The number of halogens is 1. The SMILES string of the molecule is CN1CC[C@H]2C[C@H](NC(=O)c3[nH]c4ccc(Cl)cc4c3-c3ccoc3)CC[C@@H]2C1. The van der Waals surface area contributed by atoms with Crippen molar-refractivity contribution in [3.8, 4) is 11.1 Å². The van der Waals surface area contributed by atoms with Gasteiger partial charge >= 0.3 is 0 Å². The van der Waals surface area contributed by atoms with Crippen LogP contribution in [0.15, 0.2) is 41.2 Å². The van der Waals surface area contributed by atoms with Gasteiger partial charge in [0.1, 0.15) is 5.69 Å². The number of carbonyl (C=O) groups is 1. The Balaban J connectivity index is 1.41.